The molecule has 0 aromatic carbocycles. The Morgan fingerprint density at radius 3 is 2.53 bits per heavy atom. The summed E-state index contributed by atoms with van der Waals surface area (Å²) in [6.45, 7) is 14.7. The van der Waals surface area contributed by atoms with Crippen LogP contribution in [0, 0.1) is 40.4 Å². The third-order valence-corrected chi connectivity index (χ3v) is 10.7. The summed E-state index contributed by atoms with van der Waals surface area (Å²) in [4.78, 5) is 0. The number of allylic oxidation sites excluding steroid dienone is 4. The van der Waals surface area contributed by atoms with Gasteiger partial charge < -0.3 is 5.11 Å². The first-order chi connectivity index (χ1) is 14.2. The summed E-state index contributed by atoms with van der Waals surface area (Å²) in [7, 11) is 0. The van der Waals surface area contributed by atoms with Gasteiger partial charge in [0.15, 0.2) is 0 Å². The summed E-state index contributed by atoms with van der Waals surface area (Å²) < 4.78 is 0. The fourth-order valence-electron chi connectivity index (χ4n) is 8.78. The Bertz CT molecular complexity index is 699. The number of hydrogen-bond donors (Lipinski definition) is 1. The second-order valence-corrected chi connectivity index (χ2v) is 12.4. The van der Waals surface area contributed by atoms with Gasteiger partial charge in [0.05, 0.1) is 6.10 Å². The van der Waals surface area contributed by atoms with Crippen molar-refractivity contribution in [1.29, 1.82) is 0 Å². The van der Waals surface area contributed by atoms with E-state index in [9.17, 15) is 5.11 Å². The molecule has 0 heterocycles. The zero-order valence-electron chi connectivity index (χ0n) is 20.8. The highest BCUT2D eigenvalue weighted by Crippen LogP contribution is 2.66. The topological polar surface area (TPSA) is 20.2 Å². The van der Waals surface area contributed by atoms with Gasteiger partial charge in [0.1, 0.15) is 0 Å². The standard InChI is InChI=1S/C29H48O/c1-7-21(19(2)3)9-8-20(4)25-12-13-26-24-11-10-22-18-23(30)14-16-28(22,5)27(24)15-17-29(25,26)6/h7,19-20,22-23,25-26,30H,8-18H2,1-6H3/b21-7+/t20-,22+,23+,25-,26+,28+,29-/m1/s1. The highest BCUT2D eigenvalue weighted by molar-refractivity contribution is 5.34. The Labute approximate surface area is 186 Å². The normalized spacial score (nSPS) is 42.7. The molecule has 0 bridgehead atoms. The third-order valence-electron chi connectivity index (χ3n) is 10.7. The van der Waals surface area contributed by atoms with Gasteiger partial charge in [-0.05, 0) is 118 Å². The van der Waals surface area contributed by atoms with Crippen molar-refractivity contribution in [2.24, 2.45) is 40.4 Å². The van der Waals surface area contributed by atoms with E-state index in [1.807, 2.05) is 11.1 Å². The molecule has 0 aromatic rings. The highest BCUT2D eigenvalue weighted by atomic mass is 16.3. The molecule has 4 aliphatic carbocycles. The summed E-state index contributed by atoms with van der Waals surface area (Å²) in [5.41, 5.74) is 6.36. The molecule has 170 valence electrons. The van der Waals surface area contributed by atoms with Crippen molar-refractivity contribution in [2.75, 3.05) is 0 Å². The smallest absolute Gasteiger partial charge is 0.0543 e. The quantitative estimate of drug-likeness (QED) is 0.452. The van der Waals surface area contributed by atoms with Crippen LogP contribution in [0.1, 0.15) is 112 Å². The monoisotopic (exact) mass is 412 g/mol. The Morgan fingerprint density at radius 1 is 1.07 bits per heavy atom. The second-order valence-electron chi connectivity index (χ2n) is 12.4. The van der Waals surface area contributed by atoms with Crippen molar-refractivity contribution in [1.82, 2.24) is 0 Å². The first-order valence-electron chi connectivity index (χ1n) is 13.3. The maximum absolute atomic E-state index is 10.3. The van der Waals surface area contributed by atoms with E-state index in [1.54, 1.807) is 5.57 Å². The molecule has 0 aliphatic heterocycles. The van der Waals surface area contributed by atoms with Gasteiger partial charge in [-0.25, -0.2) is 0 Å². The minimum absolute atomic E-state index is 0.0382. The van der Waals surface area contributed by atoms with Crippen molar-refractivity contribution >= 4 is 0 Å². The molecule has 0 amide bonds. The van der Waals surface area contributed by atoms with Gasteiger partial charge in [-0.3, -0.25) is 0 Å². The first kappa shape index (κ1) is 22.6. The highest BCUT2D eigenvalue weighted by Gasteiger charge is 2.55. The van der Waals surface area contributed by atoms with E-state index in [-0.39, 0.29) is 6.10 Å². The molecule has 1 heteroatoms. The van der Waals surface area contributed by atoms with Crippen molar-refractivity contribution in [3.8, 4) is 0 Å². The van der Waals surface area contributed by atoms with Crippen LogP contribution in [0.25, 0.3) is 0 Å². The maximum Gasteiger partial charge on any atom is 0.0543 e. The molecular weight excluding hydrogens is 364 g/mol. The number of fused-ring (bicyclic) bond motifs is 4. The van der Waals surface area contributed by atoms with Gasteiger partial charge in [0.25, 0.3) is 0 Å². The van der Waals surface area contributed by atoms with E-state index in [0.29, 0.717) is 16.7 Å². The molecule has 1 N–H and O–H groups in total. The minimum Gasteiger partial charge on any atom is -0.393 e. The summed E-state index contributed by atoms with van der Waals surface area (Å²) in [6, 6.07) is 0. The number of hydrogen-bond acceptors (Lipinski definition) is 1. The van der Waals surface area contributed by atoms with Crippen LogP contribution < -0.4 is 0 Å². The van der Waals surface area contributed by atoms with Crippen molar-refractivity contribution in [3.05, 3.63) is 22.8 Å². The number of aliphatic hydroxyl groups is 1. The van der Waals surface area contributed by atoms with Crippen LogP contribution in [0.15, 0.2) is 22.8 Å². The molecule has 4 rings (SSSR count). The molecule has 0 saturated heterocycles. The second kappa shape index (κ2) is 8.42. The van der Waals surface area contributed by atoms with Gasteiger partial charge in [0.2, 0.25) is 0 Å². The van der Waals surface area contributed by atoms with Crippen LogP contribution in [0.5, 0.6) is 0 Å². The lowest BCUT2D eigenvalue weighted by Crippen LogP contribution is -2.45. The fourth-order valence-corrected chi connectivity index (χ4v) is 8.78. The Hall–Kier alpha value is -0.560. The Kier molecular flexibility index (Phi) is 6.35. The van der Waals surface area contributed by atoms with Gasteiger partial charge in [0, 0.05) is 0 Å². The van der Waals surface area contributed by atoms with Crippen LogP contribution >= 0.6 is 0 Å². The maximum atomic E-state index is 10.3. The summed E-state index contributed by atoms with van der Waals surface area (Å²) in [5, 5.41) is 10.3. The molecule has 2 saturated carbocycles. The minimum atomic E-state index is -0.0382. The average molecular weight is 413 g/mol. The van der Waals surface area contributed by atoms with Crippen molar-refractivity contribution in [3.63, 3.8) is 0 Å². The number of aliphatic hydroxyl groups excluding tert-OH is 1. The van der Waals surface area contributed by atoms with Crippen molar-refractivity contribution < 1.29 is 5.11 Å². The zero-order chi connectivity index (χ0) is 21.7. The van der Waals surface area contributed by atoms with E-state index >= 15 is 0 Å². The molecule has 7 atom stereocenters. The lowest BCUT2D eigenvalue weighted by Gasteiger charge is -2.55. The van der Waals surface area contributed by atoms with E-state index in [0.717, 1.165) is 36.5 Å². The van der Waals surface area contributed by atoms with E-state index < -0.39 is 0 Å². The van der Waals surface area contributed by atoms with E-state index in [1.165, 1.54) is 57.8 Å². The summed E-state index contributed by atoms with van der Waals surface area (Å²) >= 11 is 0. The fraction of sp³-hybridized carbons (Fsp3) is 0.862. The molecular formula is C29H48O. The van der Waals surface area contributed by atoms with Crippen LogP contribution in [-0.4, -0.2) is 11.2 Å². The molecule has 1 nitrogen and oxygen atoms in total. The SMILES string of the molecule is C/C=C(\CC[C@@H](C)[C@H]1CC[C@H]2C3=C(CC[C@]12C)[C@@]1(C)CC[C@H](O)C[C@@H]1CC3)C(C)C. The van der Waals surface area contributed by atoms with E-state index in [4.69, 9.17) is 0 Å². The Balaban J connectivity index is 1.52. The lowest BCUT2D eigenvalue weighted by molar-refractivity contribution is 0.0133. The largest absolute Gasteiger partial charge is 0.393 e. The van der Waals surface area contributed by atoms with Gasteiger partial charge >= 0.3 is 0 Å². The summed E-state index contributed by atoms with van der Waals surface area (Å²) in [6.07, 6.45) is 16.6. The average Bonchev–Trinajstić information content (AvgIpc) is 3.06. The van der Waals surface area contributed by atoms with Crippen LogP contribution in [0.2, 0.25) is 0 Å². The van der Waals surface area contributed by atoms with Gasteiger partial charge in [-0.2, -0.15) is 0 Å². The van der Waals surface area contributed by atoms with Gasteiger partial charge in [-0.15, -0.1) is 0 Å². The van der Waals surface area contributed by atoms with Crippen LogP contribution in [0.4, 0.5) is 0 Å². The molecule has 0 aromatic heterocycles. The molecule has 0 unspecified atom stereocenters. The molecule has 0 spiro atoms. The van der Waals surface area contributed by atoms with Gasteiger partial charge in [-0.1, -0.05) is 57.4 Å². The molecule has 2 fully saturated rings. The zero-order valence-corrected chi connectivity index (χ0v) is 20.8. The predicted octanol–water partition coefficient (Wildman–Crippen LogP) is 8.09. The first-order valence-corrected chi connectivity index (χ1v) is 13.3. The number of rotatable bonds is 5. The van der Waals surface area contributed by atoms with Crippen LogP contribution in [-0.2, 0) is 0 Å². The molecule has 4 aliphatic rings. The molecule has 30 heavy (non-hydrogen) atoms. The lowest BCUT2D eigenvalue weighted by atomic mass is 9.50. The summed E-state index contributed by atoms with van der Waals surface area (Å²) in [5.74, 6) is 4.02. The van der Waals surface area contributed by atoms with Crippen LogP contribution in [0.3, 0.4) is 0 Å². The van der Waals surface area contributed by atoms with E-state index in [2.05, 4.69) is 47.6 Å². The Morgan fingerprint density at radius 2 is 1.83 bits per heavy atom. The van der Waals surface area contributed by atoms with Crippen molar-refractivity contribution in [2.45, 2.75) is 118 Å². The predicted molar refractivity (Wildman–Crippen MR) is 128 cm³/mol. The third kappa shape index (κ3) is 3.66. The molecule has 0 radical (unpaired) electrons.